The lowest BCUT2D eigenvalue weighted by atomic mass is 10.0. The fraction of sp³-hybridized carbons (Fsp3) is 0.154. The topological polar surface area (TPSA) is 120 Å². The van der Waals surface area contributed by atoms with E-state index in [1.54, 1.807) is 18.2 Å². The number of halogens is 7. The number of H-pyrrole nitrogens is 1. The molecule has 224 valence electrons. The summed E-state index contributed by atoms with van der Waals surface area (Å²) >= 11 is 6.07. The third kappa shape index (κ3) is 5.72. The first-order chi connectivity index (χ1) is 21.1. The molecule has 18 heteroatoms. The minimum absolute atomic E-state index is 0.0171. The molecule has 5 aromatic heterocycles. The van der Waals surface area contributed by atoms with Crippen LogP contribution >= 0.6 is 11.6 Å². The molecule has 0 amide bonds. The summed E-state index contributed by atoms with van der Waals surface area (Å²) in [7, 11) is 0. The average Bonchev–Trinajstić information content (AvgIpc) is 3.80. The summed E-state index contributed by atoms with van der Waals surface area (Å²) in [6, 6.07) is 7.62. The molecule has 5 heterocycles. The van der Waals surface area contributed by atoms with Crippen LogP contribution in [0.1, 0.15) is 29.7 Å². The van der Waals surface area contributed by atoms with Crippen molar-refractivity contribution < 1.29 is 31.0 Å². The number of nitrogens with one attached hydrogen (secondary N) is 1. The largest absolute Gasteiger partial charge is 0.433 e. The minimum atomic E-state index is -4.65. The van der Waals surface area contributed by atoms with Crippen LogP contribution in [0.25, 0.3) is 27.9 Å². The number of hydrogen-bond donors (Lipinski definition) is 1. The number of tetrazole rings is 1. The van der Waals surface area contributed by atoms with Crippen LogP contribution in [0.2, 0.25) is 5.02 Å². The number of benzene rings is 1. The summed E-state index contributed by atoms with van der Waals surface area (Å²) in [6.07, 6.45) is 3.02. The zero-order valence-electron chi connectivity index (χ0n) is 21.9. The van der Waals surface area contributed by atoms with Gasteiger partial charge in [-0.3, -0.25) is 14.6 Å². The first-order valence-electron chi connectivity index (χ1n) is 12.6. The molecule has 0 aliphatic heterocycles. The van der Waals surface area contributed by atoms with Gasteiger partial charge in [-0.2, -0.15) is 31.7 Å². The molecule has 0 bridgehead atoms. The van der Waals surface area contributed by atoms with Crippen molar-refractivity contribution in [3.63, 3.8) is 0 Å². The van der Waals surface area contributed by atoms with Crippen molar-refractivity contribution in [1.82, 2.24) is 50.3 Å². The van der Waals surface area contributed by atoms with Gasteiger partial charge in [0.15, 0.2) is 11.0 Å². The van der Waals surface area contributed by atoms with E-state index in [1.807, 2.05) is 0 Å². The summed E-state index contributed by atoms with van der Waals surface area (Å²) in [4.78, 5) is 7.89. The zero-order valence-corrected chi connectivity index (χ0v) is 22.7. The number of rotatable bonds is 8. The van der Waals surface area contributed by atoms with Gasteiger partial charge in [-0.1, -0.05) is 28.1 Å². The van der Waals surface area contributed by atoms with Gasteiger partial charge < -0.3 is 0 Å². The molecule has 1 aromatic carbocycles. The molecule has 0 fully saturated rings. The van der Waals surface area contributed by atoms with Gasteiger partial charge in [-0.15, -0.1) is 9.78 Å². The molecule has 0 radical (unpaired) electrons. The fourth-order valence-corrected chi connectivity index (χ4v) is 4.67. The standard InChI is InChI=1S/C26H16ClF6N11/c27-18-2-4-20(44-13-36-39-41-44)23(24(18)28)15-1-3-19(35-9-15)21(8-17-12-43(25(29)30)40-38-17)42-11-16(10-37-42)14-5-6-34-22(7-14)26(31,32)33/h1-7,9-13,21,25H,8H2/p+1/t21-/m0/s1. The van der Waals surface area contributed by atoms with Crippen LogP contribution in [0.5, 0.6) is 0 Å². The monoisotopic (exact) mass is 632 g/mol. The smallest absolute Gasteiger partial charge is 0.263 e. The van der Waals surface area contributed by atoms with Crippen molar-refractivity contribution in [2.24, 2.45) is 0 Å². The molecule has 1 atom stereocenters. The van der Waals surface area contributed by atoms with E-state index in [9.17, 15) is 22.0 Å². The molecule has 11 nitrogen and oxygen atoms in total. The van der Waals surface area contributed by atoms with Crippen LogP contribution in [0.15, 0.2) is 73.7 Å². The van der Waals surface area contributed by atoms with Crippen LogP contribution < -0.4 is 4.68 Å². The summed E-state index contributed by atoms with van der Waals surface area (Å²) in [5, 5.41) is 21.4. The van der Waals surface area contributed by atoms with Crippen LogP contribution in [-0.4, -0.2) is 50.3 Å². The van der Waals surface area contributed by atoms with Crippen LogP contribution in [0.3, 0.4) is 0 Å². The summed E-state index contributed by atoms with van der Waals surface area (Å²) in [5.74, 6) is -0.715. The van der Waals surface area contributed by atoms with Crippen molar-refractivity contribution in [1.29, 1.82) is 0 Å². The Morgan fingerprint density at radius 2 is 1.80 bits per heavy atom. The Kier molecular flexibility index (Phi) is 7.54. The second-order valence-electron chi connectivity index (χ2n) is 9.35. The predicted octanol–water partition coefficient (Wildman–Crippen LogP) is 5.03. The maximum absolute atomic E-state index is 15.3. The molecule has 0 spiro atoms. The quantitative estimate of drug-likeness (QED) is 0.185. The summed E-state index contributed by atoms with van der Waals surface area (Å²) in [5.41, 5.74) is 0.796. The van der Waals surface area contributed by atoms with Gasteiger partial charge in [-0.05, 0) is 35.9 Å². The maximum Gasteiger partial charge on any atom is 0.433 e. The van der Waals surface area contributed by atoms with Gasteiger partial charge in [0.25, 0.3) is 6.33 Å². The van der Waals surface area contributed by atoms with Crippen LogP contribution in [-0.2, 0) is 12.6 Å². The predicted molar refractivity (Wildman–Crippen MR) is 140 cm³/mol. The second-order valence-corrected chi connectivity index (χ2v) is 9.76. The molecule has 0 saturated carbocycles. The molecule has 1 N–H and O–H groups in total. The van der Waals surface area contributed by atoms with E-state index in [0.717, 1.165) is 18.5 Å². The van der Waals surface area contributed by atoms with E-state index in [1.165, 1.54) is 46.4 Å². The maximum atomic E-state index is 15.3. The fourth-order valence-electron chi connectivity index (χ4n) is 4.52. The number of aromatic nitrogens is 11. The van der Waals surface area contributed by atoms with Crippen LogP contribution in [0.4, 0.5) is 26.3 Å². The lowest BCUT2D eigenvalue weighted by Gasteiger charge is -2.17. The van der Waals surface area contributed by atoms with E-state index in [-0.39, 0.29) is 28.3 Å². The highest BCUT2D eigenvalue weighted by Gasteiger charge is 2.32. The second kappa shape index (κ2) is 11.5. The molecule has 6 rings (SSSR count). The Morgan fingerprint density at radius 1 is 0.955 bits per heavy atom. The number of alkyl halides is 5. The number of hydrogen-bond acceptors (Lipinski definition) is 7. The van der Waals surface area contributed by atoms with E-state index in [4.69, 9.17) is 11.6 Å². The average molecular weight is 633 g/mol. The normalized spacial score (nSPS) is 12.6. The molecule has 0 aliphatic carbocycles. The van der Waals surface area contributed by atoms with Crippen molar-refractivity contribution >= 4 is 11.6 Å². The van der Waals surface area contributed by atoms with E-state index in [0.29, 0.717) is 27.2 Å². The SMILES string of the molecule is Fc1c(Cl)ccc(-[n+]2cnn[nH]2)c1-c1ccc([C@H](Cc2cn(C(F)F)nn2)n2cc(-c3ccnc(C(F)(F)F)c3)cn2)nc1. The Labute approximate surface area is 247 Å². The molecule has 44 heavy (non-hydrogen) atoms. The number of aromatic amines is 1. The molecule has 0 saturated heterocycles. The lowest BCUT2D eigenvalue weighted by Crippen LogP contribution is -2.33. The first-order valence-corrected chi connectivity index (χ1v) is 13.0. The Morgan fingerprint density at radius 3 is 2.48 bits per heavy atom. The summed E-state index contributed by atoms with van der Waals surface area (Å²) in [6.45, 7) is -2.91. The molecule has 0 aliphatic rings. The van der Waals surface area contributed by atoms with Gasteiger partial charge >= 0.3 is 12.7 Å². The zero-order chi connectivity index (χ0) is 31.0. The van der Waals surface area contributed by atoms with Gasteiger partial charge in [-0.25, -0.2) is 4.39 Å². The minimum Gasteiger partial charge on any atom is -0.263 e. The molecule has 0 unspecified atom stereocenters. The molecule has 6 aromatic rings. The van der Waals surface area contributed by atoms with E-state index < -0.39 is 30.3 Å². The first kappa shape index (κ1) is 28.9. The van der Waals surface area contributed by atoms with E-state index in [2.05, 4.69) is 40.9 Å². The van der Waals surface area contributed by atoms with Crippen molar-refractivity contribution in [2.75, 3.05) is 0 Å². The molecular formula is C26H17ClF6N11+. The van der Waals surface area contributed by atoms with E-state index >= 15 is 4.39 Å². The van der Waals surface area contributed by atoms with Crippen molar-refractivity contribution in [3.8, 4) is 27.9 Å². The highest BCUT2D eigenvalue weighted by Crippen LogP contribution is 2.34. The molecular weight excluding hydrogens is 616 g/mol. The third-order valence-corrected chi connectivity index (χ3v) is 6.88. The Balaban J connectivity index is 1.39. The van der Waals surface area contributed by atoms with Gasteiger partial charge in [0.05, 0.1) is 40.4 Å². The lowest BCUT2D eigenvalue weighted by molar-refractivity contribution is -0.659. The highest BCUT2D eigenvalue weighted by molar-refractivity contribution is 6.31. The number of nitrogens with zero attached hydrogens (tertiary/aromatic N) is 10. The highest BCUT2D eigenvalue weighted by atomic mass is 35.5. The Bertz CT molecular complexity index is 1900. The third-order valence-electron chi connectivity index (χ3n) is 6.59. The van der Waals surface area contributed by atoms with Crippen molar-refractivity contribution in [2.45, 2.75) is 25.2 Å². The van der Waals surface area contributed by atoms with Gasteiger partial charge in [0.2, 0.25) is 0 Å². The number of pyridine rings is 2. The summed E-state index contributed by atoms with van der Waals surface area (Å²) < 4.78 is 84.6. The Hall–Kier alpha value is -5.19. The van der Waals surface area contributed by atoms with Crippen LogP contribution in [0, 0.1) is 5.82 Å². The van der Waals surface area contributed by atoms with Gasteiger partial charge in [0.1, 0.15) is 16.5 Å². The van der Waals surface area contributed by atoms with Gasteiger partial charge in [0, 0.05) is 36.1 Å². The van der Waals surface area contributed by atoms with Crippen molar-refractivity contribution in [3.05, 3.63) is 102 Å².